The first-order chi connectivity index (χ1) is 8.76. The molecule has 3 N–H and O–H groups in total. The highest BCUT2D eigenvalue weighted by molar-refractivity contribution is 5.77. The minimum atomic E-state index is -0.201. The summed E-state index contributed by atoms with van der Waals surface area (Å²) in [6, 6.07) is 7.56. The molecule has 0 aliphatic carbocycles. The maximum atomic E-state index is 10.8. The van der Waals surface area contributed by atoms with Crippen LogP contribution < -0.4 is 15.8 Å². The van der Waals surface area contributed by atoms with Crippen LogP contribution in [0.4, 0.5) is 0 Å². The van der Waals surface area contributed by atoms with E-state index in [4.69, 9.17) is 10.5 Å². The number of ether oxygens (including phenoxy) is 1. The van der Waals surface area contributed by atoms with Crippen LogP contribution >= 0.6 is 0 Å². The Bertz CT molecular complexity index is 429. The number of rotatable bonds is 5. The van der Waals surface area contributed by atoms with Gasteiger partial charge >= 0.3 is 0 Å². The normalized spacial score (nSPS) is 9.22. The van der Waals surface area contributed by atoms with E-state index in [2.05, 4.69) is 24.1 Å². The van der Waals surface area contributed by atoms with Crippen molar-refractivity contribution in [2.45, 2.75) is 13.3 Å². The van der Waals surface area contributed by atoms with Crippen molar-refractivity contribution in [1.82, 2.24) is 5.32 Å². The SMILES string of the molecule is CCCOc1ccc(C#CCNC(=O)CN)cc1. The topological polar surface area (TPSA) is 64.3 Å². The fraction of sp³-hybridized carbons (Fsp3) is 0.357. The van der Waals surface area contributed by atoms with Gasteiger partial charge in [0.1, 0.15) is 5.75 Å². The standard InChI is InChI=1S/C14H18N2O2/c1-2-10-18-13-7-5-12(6-8-13)4-3-9-16-14(17)11-15/h5-8H,2,9-11,15H2,1H3,(H,16,17). The number of carbonyl (C=O) groups excluding carboxylic acids is 1. The van der Waals surface area contributed by atoms with Gasteiger partial charge in [0.2, 0.25) is 5.91 Å². The number of hydrogen-bond acceptors (Lipinski definition) is 3. The van der Waals surface area contributed by atoms with E-state index in [0.29, 0.717) is 6.54 Å². The van der Waals surface area contributed by atoms with E-state index in [9.17, 15) is 4.79 Å². The van der Waals surface area contributed by atoms with Crippen LogP contribution in [-0.2, 0) is 4.79 Å². The zero-order valence-corrected chi connectivity index (χ0v) is 10.5. The lowest BCUT2D eigenvalue weighted by Crippen LogP contribution is -2.30. The van der Waals surface area contributed by atoms with Crippen LogP contribution in [0.25, 0.3) is 0 Å². The number of hydrogen-bond donors (Lipinski definition) is 2. The minimum Gasteiger partial charge on any atom is -0.494 e. The van der Waals surface area contributed by atoms with E-state index >= 15 is 0 Å². The fourth-order valence-electron chi connectivity index (χ4n) is 1.22. The number of carbonyl (C=O) groups is 1. The molecule has 0 saturated carbocycles. The van der Waals surface area contributed by atoms with Crippen molar-refractivity contribution in [3.05, 3.63) is 29.8 Å². The molecule has 4 nitrogen and oxygen atoms in total. The second kappa shape index (κ2) is 8.15. The van der Waals surface area contributed by atoms with Crippen molar-refractivity contribution in [3.8, 4) is 17.6 Å². The van der Waals surface area contributed by atoms with E-state index < -0.39 is 0 Å². The molecule has 0 fully saturated rings. The van der Waals surface area contributed by atoms with E-state index in [-0.39, 0.29) is 12.5 Å². The van der Waals surface area contributed by atoms with Crippen molar-refractivity contribution < 1.29 is 9.53 Å². The molecule has 0 aliphatic heterocycles. The van der Waals surface area contributed by atoms with Crippen LogP contribution in [0, 0.1) is 11.8 Å². The number of benzene rings is 1. The lowest BCUT2D eigenvalue weighted by atomic mass is 10.2. The average Bonchev–Trinajstić information content (AvgIpc) is 2.42. The predicted molar refractivity (Wildman–Crippen MR) is 71.2 cm³/mol. The Morgan fingerprint density at radius 3 is 2.72 bits per heavy atom. The largest absolute Gasteiger partial charge is 0.494 e. The zero-order valence-electron chi connectivity index (χ0n) is 10.5. The first-order valence-electron chi connectivity index (χ1n) is 5.94. The highest BCUT2D eigenvalue weighted by atomic mass is 16.5. The van der Waals surface area contributed by atoms with Gasteiger partial charge in [-0.2, -0.15) is 0 Å². The van der Waals surface area contributed by atoms with Crippen LogP contribution in [0.1, 0.15) is 18.9 Å². The summed E-state index contributed by atoms with van der Waals surface area (Å²) < 4.78 is 5.46. The highest BCUT2D eigenvalue weighted by Crippen LogP contribution is 2.11. The summed E-state index contributed by atoms with van der Waals surface area (Å²) in [4.78, 5) is 10.8. The molecule has 1 aromatic rings. The molecule has 0 bridgehead atoms. The Balaban J connectivity index is 2.43. The molecule has 4 heteroatoms. The molecule has 1 aromatic carbocycles. The summed E-state index contributed by atoms with van der Waals surface area (Å²) in [5, 5.41) is 2.58. The average molecular weight is 246 g/mol. The van der Waals surface area contributed by atoms with Crippen LogP contribution in [-0.4, -0.2) is 25.6 Å². The highest BCUT2D eigenvalue weighted by Gasteiger charge is 1.93. The van der Waals surface area contributed by atoms with Gasteiger partial charge in [-0.15, -0.1) is 0 Å². The maximum absolute atomic E-state index is 10.8. The molecule has 0 aliphatic rings. The van der Waals surface area contributed by atoms with E-state index in [0.717, 1.165) is 24.3 Å². The molecule has 0 radical (unpaired) electrons. The smallest absolute Gasteiger partial charge is 0.234 e. The van der Waals surface area contributed by atoms with Crippen molar-refractivity contribution in [1.29, 1.82) is 0 Å². The van der Waals surface area contributed by atoms with Crippen molar-refractivity contribution in [2.75, 3.05) is 19.7 Å². The van der Waals surface area contributed by atoms with E-state index in [1.807, 2.05) is 24.3 Å². The van der Waals surface area contributed by atoms with Crippen molar-refractivity contribution in [2.24, 2.45) is 5.73 Å². The summed E-state index contributed by atoms with van der Waals surface area (Å²) in [6.45, 7) is 3.08. The molecular weight excluding hydrogens is 228 g/mol. The molecule has 0 aromatic heterocycles. The number of amides is 1. The molecule has 96 valence electrons. The van der Waals surface area contributed by atoms with Crippen LogP contribution in [0.2, 0.25) is 0 Å². The van der Waals surface area contributed by atoms with Gasteiger partial charge in [0, 0.05) is 5.56 Å². The Morgan fingerprint density at radius 2 is 2.11 bits per heavy atom. The lowest BCUT2D eigenvalue weighted by Gasteiger charge is -2.03. The molecule has 0 atom stereocenters. The molecule has 0 heterocycles. The summed E-state index contributed by atoms with van der Waals surface area (Å²) >= 11 is 0. The third kappa shape index (κ3) is 5.37. The summed E-state index contributed by atoms with van der Waals surface area (Å²) in [5.74, 6) is 6.44. The zero-order chi connectivity index (χ0) is 13.2. The monoisotopic (exact) mass is 246 g/mol. The van der Waals surface area contributed by atoms with Crippen molar-refractivity contribution in [3.63, 3.8) is 0 Å². The fourth-order valence-corrected chi connectivity index (χ4v) is 1.22. The van der Waals surface area contributed by atoms with E-state index in [1.54, 1.807) is 0 Å². The molecule has 1 rings (SSSR count). The van der Waals surface area contributed by atoms with Crippen LogP contribution in [0.5, 0.6) is 5.75 Å². The second-order valence-electron chi connectivity index (χ2n) is 3.66. The van der Waals surface area contributed by atoms with Crippen molar-refractivity contribution >= 4 is 5.91 Å². The van der Waals surface area contributed by atoms with Gasteiger partial charge in [-0.1, -0.05) is 18.8 Å². The maximum Gasteiger partial charge on any atom is 0.234 e. The first kappa shape index (κ1) is 14.1. The third-order valence-electron chi connectivity index (χ3n) is 2.12. The van der Waals surface area contributed by atoms with Gasteiger partial charge < -0.3 is 15.8 Å². The Kier molecular flexibility index (Phi) is 6.37. The molecule has 18 heavy (non-hydrogen) atoms. The van der Waals surface area contributed by atoms with Gasteiger partial charge in [-0.3, -0.25) is 4.79 Å². The number of nitrogens with one attached hydrogen (secondary N) is 1. The second-order valence-corrected chi connectivity index (χ2v) is 3.66. The van der Waals surface area contributed by atoms with Gasteiger partial charge in [0.15, 0.2) is 0 Å². The Labute approximate surface area is 108 Å². The lowest BCUT2D eigenvalue weighted by molar-refractivity contribution is -0.119. The molecule has 0 unspecified atom stereocenters. The quantitative estimate of drug-likeness (QED) is 0.759. The molecular formula is C14H18N2O2. The number of nitrogens with two attached hydrogens (primary N) is 1. The first-order valence-corrected chi connectivity index (χ1v) is 5.94. The molecule has 0 saturated heterocycles. The van der Waals surface area contributed by atoms with Gasteiger partial charge in [-0.05, 0) is 30.7 Å². The van der Waals surface area contributed by atoms with Crippen LogP contribution in [0.3, 0.4) is 0 Å². The Morgan fingerprint density at radius 1 is 1.39 bits per heavy atom. The third-order valence-corrected chi connectivity index (χ3v) is 2.12. The molecule has 0 spiro atoms. The summed E-state index contributed by atoms with van der Waals surface area (Å²) in [6.07, 6.45) is 0.988. The van der Waals surface area contributed by atoms with Gasteiger partial charge in [0.05, 0.1) is 19.7 Å². The minimum absolute atomic E-state index is 0.00879. The van der Waals surface area contributed by atoms with Crippen LogP contribution in [0.15, 0.2) is 24.3 Å². The van der Waals surface area contributed by atoms with E-state index in [1.165, 1.54) is 0 Å². The molecule has 1 amide bonds. The van der Waals surface area contributed by atoms with Gasteiger partial charge in [0.25, 0.3) is 0 Å². The summed E-state index contributed by atoms with van der Waals surface area (Å²) in [5.41, 5.74) is 6.04. The predicted octanol–water partition coefficient (Wildman–Crippen LogP) is 0.902. The Hall–Kier alpha value is -1.99. The van der Waals surface area contributed by atoms with Gasteiger partial charge in [-0.25, -0.2) is 0 Å². The summed E-state index contributed by atoms with van der Waals surface area (Å²) in [7, 11) is 0.